The van der Waals surface area contributed by atoms with E-state index in [9.17, 15) is 13.2 Å². The summed E-state index contributed by atoms with van der Waals surface area (Å²) in [6.07, 6.45) is 0. The average Bonchev–Trinajstić information content (AvgIpc) is 2.76. The highest BCUT2D eigenvalue weighted by molar-refractivity contribution is 7.90. The van der Waals surface area contributed by atoms with Crippen LogP contribution in [0.2, 0.25) is 0 Å². The second-order valence-corrected chi connectivity index (χ2v) is 8.20. The zero-order valence-electron chi connectivity index (χ0n) is 13.9. The molecule has 0 aliphatic rings. The van der Waals surface area contributed by atoms with Crippen molar-refractivity contribution in [3.63, 3.8) is 0 Å². The lowest BCUT2D eigenvalue weighted by Crippen LogP contribution is -2.38. The highest BCUT2D eigenvalue weighted by atomic mass is 32.2. The van der Waals surface area contributed by atoms with Crippen LogP contribution in [0.5, 0.6) is 0 Å². The first kappa shape index (κ1) is 17.2. The molecular weight excluding hydrogens is 314 g/mol. The molecule has 124 valence electrons. The Morgan fingerprint density at radius 2 is 1.70 bits per heavy atom. The van der Waals surface area contributed by atoms with Gasteiger partial charge in [0.1, 0.15) is 0 Å². The molecule has 2 rings (SSSR count). The Bertz CT molecular complexity index is 828. The summed E-state index contributed by atoms with van der Waals surface area (Å²) < 4.78 is 28.3. The lowest BCUT2D eigenvalue weighted by molar-refractivity contribution is -0.126. The van der Waals surface area contributed by atoms with Crippen LogP contribution < -0.4 is 4.72 Å². The summed E-state index contributed by atoms with van der Waals surface area (Å²) in [7, 11) is -3.88. The van der Waals surface area contributed by atoms with Crippen molar-refractivity contribution in [1.82, 2.24) is 14.5 Å². The third-order valence-electron chi connectivity index (χ3n) is 3.31. The number of nitrogens with one attached hydrogen (secondary N) is 1. The Balaban J connectivity index is 2.29. The van der Waals surface area contributed by atoms with Crippen molar-refractivity contribution in [3.05, 3.63) is 41.7 Å². The highest BCUT2D eigenvalue weighted by Crippen LogP contribution is 2.18. The number of carbonyl (C=O) groups excluding carboxylic acids is 1. The zero-order valence-corrected chi connectivity index (χ0v) is 14.7. The van der Waals surface area contributed by atoms with E-state index in [1.54, 1.807) is 37.6 Å². The van der Waals surface area contributed by atoms with Crippen LogP contribution in [0.4, 0.5) is 0 Å². The third-order valence-corrected chi connectivity index (χ3v) is 4.66. The number of carbonyl (C=O) groups is 1. The molecule has 0 saturated carbocycles. The van der Waals surface area contributed by atoms with Crippen LogP contribution in [0.25, 0.3) is 5.69 Å². The molecule has 0 aliphatic heterocycles. The monoisotopic (exact) mass is 335 g/mol. The Labute approximate surface area is 136 Å². The Morgan fingerprint density at radius 1 is 1.13 bits per heavy atom. The molecule has 1 aromatic heterocycles. The van der Waals surface area contributed by atoms with Crippen LogP contribution in [0.15, 0.2) is 35.2 Å². The van der Waals surface area contributed by atoms with E-state index < -0.39 is 21.3 Å². The first-order valence-electron chi connectivity index (χ1n) is 7.22. The minimum Gasteiger partial charge on any atom is -0.273 e. The summed E-state index contributed by atoms with van der Waals surface area (Å²) in [6, 6.07) is 8.19. The standard InChI is InChI=1S/C16H21N3O3S/c1-11-10-12(2)19(17-11)13-6-8-14(9-7-13)23(21,22)18-15(20)16(3,4)5/h6-10H,1-5H3,(H,18,20). The number of sulfonamides is 1. The van der Waals surface area contributed by atoms with Crippen LogP contribution >= 0.6 is 0 Å². The quantitative estimate of drug-likeness (QED) is 0.933. The molecule has 2 aromatic rings. The van der Waals surface area contributed by atoms with Gasteiger partial charge in [-0.15, -0.1) is 0 Å². The maximum atomic E-state index is 12.3. The summed E-state index contributed by atoms with van der Waals surface area (Å²) in [4.78, 5) is 11.9. The summed E-state index contributed by atoms with van der Waals surface area (Å²) >= 11 is 0. The Morgan fingerprint density at radius 3 is 2.13 bits per heavy atom. The number of hydrogen-bond acceptors (Lipinski definition) is 4. The van der Waals surface area contributed by atoms with Crippen LogP contribution in [0, 0.1) is 19.3 Å². The lowest BCUT2D eigenvalue weighted by atomic mass is 9.96. The molecule has 0 unspecified atom stereocenters. The lowest BCUT2D eigenvalue weighted by Gasteiger charge is -2.17. The molecule has 1 aromatic carbocycles. The van der Waals surface area contributed by atoms with Crippen LogP contribution in [-0.4, -0.2) is 24.1 Å². The van der Waals surface area contributed by atoms with Gasteiger partial charge < -0.3 is 0 Å². The first-order valence-corrected chi connectivity index (χ1v) is 8.70. The number of hydrogen-bond donors (Lipinski definition) is 1. The van der Waals surface area contributed by atoms with E-state index in [0.29, 0.717) is 0 Å². The fourth-order valence-electron chi connectivity index (χ4n) is 1.99. The maximum absolute atomic E-state index is 12.3. The topological polar surface area (TPSA) is 81.1 Å². The Kier molecular flexibility index (Phi) is 4.34. The number of aryl methyl sites for hydroxylation is 2. The van der Waals surface area contributed by atoms with Crippen LogP contribution in [-0.2, 0) is 14.8 Å². The van der Waals surface area contributed by atoms with E-state index >= 15 is 0 Å². The molecule has 0 spiro atoms. The van der Waals surface area contributed by atoms with Gasteiger partial charge in [0.2, 0.25) is 5.91 Å². The van der Waals surface area contributed by atoms with Gasteiger partial charge in [0.25, 0.3) is 10.0 Å². The van der Waals surface area contributed by atoms with Crippen molar-refractivity contribution in [3.8, 4) is 5.69 Å². The number of aromatic nitrogens is 2. The van der Waals surface area contributed by atoms with E-state index in [2.05, 4.69) is 9.82 Å². The summed E-state index contributed by atoms with van der Waals surface area (Å²) in [5.41, 5.74) is 1.82. The van der Waals surface area contributed by atoms with E-state index in [0.717, 1.165) is 17.1 Å². The molecule has 7 heteroatoms. The second kappa shape index (κ2) is 5.81. The molecule has 6 nitrogen and oxygen atoms in total. The molecule has 0 bridgehead atoms. The predicted molar refractivity (Wildman–Crippen MR) is 87.8 cm³/mol. The van der Waals surface area contributed by atoms with Crippen LogP contribution in [0.3, 0.4) is 0 Å². The molecule has 1 N–H and O–H groups in total. The molecule has 0 fully saturated rings. The van der Waals surface area contributed by atoms with Crippen molar-refractivity contribution >= 4 is 15.9 Å². The van der Waals surface area contributed by atoms with Gasteiger partial charge in [0.15, 0.2) is 0 Å². The van der Waals surface area contributed by atoms with E-state index in [-0.39, 0.29) is 4.90 Å². The molecule has 1 heterocycles. The predicted octanol–water partition coefficient (Wildman–Crippen LogP) is 2.34. The second-order valence-electron chi connectivity index (χ2n) is 6.52. The average molecular weight is 335 g/mol. The molecular formula is C16H21N3O3S. The molecule has 0 aliphatic carbocycles. The molecule has 1 amide bonds. The normalized spacial score (nSPS) is 12.2. The zero-order chi connectivity index (χ0) is 17.4. The van der Waals surface area contributed by atoms with Gasteiger partial charge in [0.05, 0.1) is 16.3 Å². The van der Waals surface area contributed by atoms with Gasteiger partial charge in [0, 0.05) is 11.1 Å². The number of rotatable bonds is 3. The van der Waals surface area contributed by atoms with Gasteiger partial charge in [-0.05, 0) is 44.2 Å². The van der Waals surface area contributed by atoms with Crippen molar-refractivity contribution < 1.29 is 13.2 Å². The van der Waals surface area contributed by atoms with Gasteiger partial charge in [-0.3, -0.25) is 4.79 Å². The largest absolute Gasteiger partial charge is 0.273 e. The van der Waals surface area contributed by atoms with E-state index in [1.165, 1.54) is 12.1 Å². The number of benzene rings is 1. The minimum absolute atomic E-state index is 0.0420. The van der Waals surface area contributed by atoms with Gasteiger partial charge >= 0.3 is 0 Å². The molecule has 0 atom stereocenters. The number of amides is 1. The summed E-state index contributed by atoms with van der Waals surface area (Å²) in [5, 5.41) is 4.35. The van der Waals surface area contributed by atoms with Crippen molar-refractivity contribution in [2.45, 2.75) is 39.5 Å². The summed E-state index contributed by atoms with van der Waals surface area (Å²) in [5.74, 6) is -0.542. The Hall–Kier alpha value is -2.15. The van der Waals surface area contributed by atoms with Gasteiger partial charge in [-0.1, -0.05) is 20.8 Å². The van der Waals surface area contributed by atoms with E-state index in [1.807, 2.05) is 19.9 Å². The molecule has 0 radical (unpaired) electrons. The highest BCUT2D eigenvalue weighted by Gasteiger charge is 2.26. The SMILES string of the molecule is Cc1cc(C)n(-c2ccc(S(=O)(=O)NC(=O)C(C)(C)C)cc2)n1. The van der Waals surface area contributed by atoms with Crippen molar-refractivity contribution in [1.29, 1.82) is 0 Å². The molecule has 0 saturated heterocycles. The smallest absolute Gasteiger partial charge is 0.264 e. The summed E-state index contributed by atoms with van der Waals surface area (Å²) in [6.45, 7) is 8.79. The van der Waals surface area contributed by atoms with Gasteiger partial charge in [-0.25, -0.2) is 17.8 Å². The fraction of sp³-hybridized carbons (Fsp3) is 0.375. The minimum atomic E-state index is -3.88. The first-order chi connectivity index (χ1) is 10.5. The fourth-order valence-corrected chi connectivity index (χ4v) is 3.15. The van der Waals surface area contributed by atoms with Crippen molar-refractivity contribution in [2.75, 3.05) is 0 Å². The third kappa shape index (κ3) is 3.79. The maximum Gasteiger partial charge on any atom is 0.264 e. The van der Waals surface area contributed by atoms with E-state index in [4.69, 9.17) is 0 Å². The molecule has 23 heavy (non-hydrogen) atoms. The number of nitrogens with zero attached hydrogens (tertiary/aromatic N) is 2. The van der Waals surface area contributed by atoms with Crippen LogP contribution in [0.1, 0.15) is 32.2 Å². The van der Waals surface area contributed by atoms with Gasteiger partial charge in [-0.2, -0.15) is 5.10 Å². The van der Waals surface area contributed by atoms with Crippen molar-refractivity contribution in [2.24, 2.45) is 5.41 Å².